The van der Waals surface area contributed by atoms with Crippen molar-refractivity contribution >= 4 is 35.0 Å². The average molecular weight is 497 g/mol. The third-order valence-electron chi connectivity index (χ3n) is 6.85. The molecule has 2 aliphatic rings. The highest BCUT2D eigenvalue weighted by Crippen LogP contribution is 2.46. The fraction of sp³-hybridized carbons (Fsp3) is 0.385. The van der Waals surface area contributed by atoms with Gasteiger partial charge in [0.2, 0.25) is 11.8 Å². The zero-order chi connectivity index (χ0) is 25.5. The lowest BCUT2D eigenvalue weighted by molar-refractivity contribution is -0.136. The fourth-order valence-corrected chi connectivity index (χ4v) is 5.20. The minimum absolute atomic E-state index is 0.0475. The number of fused-ring (bicyclic) bond motifs is 2. The van der Waals surface area contributed by atoms with Gasteiger partial charge in [0.15, 0.2) is 0 Å². The molecule has 4 rings (SSSR count). The molecule has 0 aromatic heterocycles. The Hall–Kier alpha value is -3.44. The van der Waals surface area contributed by atoms with Crippen molar-refractivity contribution < 1.29 is 18.8 Å². The first-order valence-electron chi connectivity index (χ1n) is 11.4. The van der Waals surface area contributed by atoms with Crippen LogP contribution in [0.1, 0.15) is 42.6 Å². The highest BCUT2D eigenvalue weighted by molar-refractivity contribution is 6.31. The third-order valence-corrected chi connectivity index (χ3v) is 7.14. The van der Waals surface area contributed by atoms with Gasteiger partial charge in [0.25, 0.3) is 5.91 Å². The van der Waals surface area contributed by atoms with Crippen molar-refractivity contribution in [1.29, 1.82) is 5.26 Å². The maximum absolute atomic E-state index is 13.9. The Morgan fingerprint density at radius 3 is 2.69 bits per heavy atom. The molecule has 1 spiro atoms. The van der Waals surface area contributed by atoms with Gasteiger partial charge in [-0.1, -0.05) is 43.6 Å². The summed E-state index contributed by atoms with van der Waals surface area (Å²) in [7, 11) is 1.51. The number of nitriles is 1. The summed E-state index contributed by atoms with van der Waals surface area (Å²) in [5.74, 6) is -1.71. The predicted molar refractivity (Wildman–Crippen MR) is 129 cm³/mol. The van der Waals surface area contributed by atoms with Gasteiger partial charge < -0.3 is 15.1 Å². The SMILES string of the molecule is CC(C)CC(C(=O)N1C[C@]2(C[C@H]1C#N)C(=O)Nc1ccccc12)N(C)C(=O)c1ccc(F)c(Cl)c1. The van der Waals surface area contributed by atoms with Crippen LogP contribution in [0.15, 0.2) is 42.5 Å². The lowest BCUT2D eigenvalue weighted by Crippen LogP contribution is -2.52. The molecule has 7 nitrogen and oxygen atoms in total. The first-order chi connectivity index (χ1) is 16.6. The molecule has 2 aromatic rings. The lowest BCUT2D eigenvalue weighted by atomic mass is 9.80. The smallest absolute Gasteiger partial charge is 0.254 e. The molecule has 2 heterocycles. The second kappa shape index (κ2) is 9.31. The summed E-state index contributed by atoms with van der Waals surface area (Å²) in [6, 6.07) is 11.4. The minimum Gasteiger partial charge on any atom is -0.330 e. The monoisotopic (exact) mass is 496 g/mol. The van der Waals surface area contributed by atoms with Crippen LogP contribution >= 0.6 is 11.6 Å². The first-order valence-corrected chi connectivity index (χ1v) is 11.8. The Morgan fingerprint density at radius 2 is 2.03 bits per heavy atom. The quantitative estimate of drug-likeness (QED) is 0.677. The number of anilines is 1. The molecule has 1 N–H and O–H groups in total. The standard InChI is InChI=1S/C26H26ClFN4O3/c1-15(2)10-22(31(3)23(33)16-8-9-20(28)19(27)11-16)24(34)32-14-26(12-17(32)13-29)18-6-4-5-7-21(18)30-25(26)35/h4-9,11,15,17,22H,10,12,14H2,1-3H3,(H,30,35)/t17-,22?,26-/m0/s1. The van der Waals surface area contributed by atoms with Crippen LogP contribution in [-0.4, -0.2) is 53.2 Å². The van der Waals surface area contributed by atoms with Crippen molar-refractivity contribution in [3.05, 3.63) is 64.4 Å². The summed E-state index contributed by atoms with van der Waals surface area (Å²) in [4.78, 5) is 42.9. The van der Waals surface area contributed by atoms with Crippen molar-refractivity contribution in [1.82, 2.24) is 9.80 Å². The fourth-order valence-electron chi connectivity index (χ4n) is 5.02. The van der Waals surface area contributed by atoms with Gasteiger partial charge in [-0.05, 0) is 42.2 Å². The van der Waals surface area contributed by atoms with E-state index in [9.17, 15) is 24.0 Å². The number of carbonyl (C=O) groups is 3. The van der Waals surface area contributed by atoms with E-state index in [0.29, 0.717) is 12.1 Å². The summed E-state index contributed by atoms with van der Waals surface area (Å²) in [5, 5.41) is 12.6. The van der Waals surface area contributed by atoms with Crippen molar-refractivity contribution in [2.45, 2.75) is 44.2 Å². The Balaban J connectivity index is 1.66. The zero-order valence-corrected chi connectivity index (χ0v) is 20.5. The molecule has 1 unspecified atom stereocenters. The van der Waals surface area contributed by atoms with Gasteiger partial charge in [-0.2, -0.15) is 5.26 Å². The second-order valence-corrected chi connectivity index (χ2v) is 9.99. The summed E-state index contributed by atoms with van der Waals surface area (Å²) < 4.78 is 13.6. The molecule has 2 aliphatic heterocycles. The van der Waals surface area contributed by atoms with Crippen LogP contribution in [-0.2, 0) is 15.0 Å². The van der Waals surface area contributed by atoms with Gasteiger partial charge in [0.05, 0.1) is 16.5 Å². The summed E-state index contributed by atoms with van der Waals surface area (Å²) in [6.07, 6.45) is 0.526. The predicted octanol–water partition coefficient (Wildman–Crippen LogP) is 3.98. The number of para-hydroxylation sites is 1. The molecule has 1 saturated heterocycles. The maximum atomic E-state index is 13.9. The molecule has 3 atom stereocenters. The van der Waals surface area contributed by atoms with E-state index in [1.54, 1.807) is 6.07 Å². The molecule has 3 amide bonds. The summed E-state index contributed by atoms with van der Waals surface area (Å²) in [5.41, 5.74) is 0.593. The van der Waals surface area contributed by atoms with Crippen molar-refractivity contribution in [3.63, 3.8) is 0 Å². The molecular weight excluding hydrogens is 471 g/mol. The lowest BCUT2D eigenvalue weighted by Gasteiger charge is -2.33. The van der Waals surface area contributed by atoms with Gasteiger partial charge in [-0.3, -0.25) is 14.4 Å². The van der Waals surface area contributed by atoms with Crippen molar-refractivity contribution in [2.75, 3.05) is 18.9 Å². The number of hydrogen-bond donors (Lipinski definition) is 1. The Kier molecular flexibility index (Phi) is 6.56. The molecule has 9 heteroatoms. The molecule has 2 aromatic carbocycles. The number of hydrogen-bond acceptors (Lipinski definition) is 4. The molecule has 0 radical (unpaired) electrons. The zero-order valence-electron chi connectivity index (χ0n) is 19.7. The van der Waals surface area contributed by atoms with Crippen LogP contribution in [0.3, 0.4) is 0 Å². The van der Waals surface area contributed by atoms with Crippen molar-refractivity contribution in [2.24, 2.45) is 5.92 Å². The highest BCUT2D eigenvalue weighted by Gasteiger charge is 2.56. The highest BCUT2D eigenvalue weighted by atomic mass is 35.5. The molecule has 35 heavy (non-hydrogen) atoms. The summed E-state index contributed by atoms with van der Waals surface area (Å²) >= 11 is 5.86. The van der Waals surface area contributed by atoms with E-state index in [1.807, 2.05) is 32.0 Å². The van der Waals surface area contributed by atoms with Crippen LogP contribution in [0, 0.1) is 23.1 Å². The van der Waals surface area contributed by atoms with Crippen LogP contribution in [0.25, 0.3) is 0 Å². The second-order valence-electron chi connectivity index (χ2n) is 9.59. The molecule has 1 fully saturated rings. The number of carbonyl (C=O) groups excluding carboxylic acids is 3. The van der Waals surface area contributed by atoms with E-state index < -0.39 is 35.1 Å². The molecule has 0 saturated carbocycles. The van der Waals surface area contributed by atoms with Crippen LogP contribution in [0.2, 0.25) is 5.02 Å². The number of nitrogens with zero attached hydrogens (tertiary/aromatic N) is 3. The maximum Gasteiger partial charge on any atom is 0.254 e. The van der Waals surface area contributed by atoms with Gasteiger partial charge >= 0.3 is 0 Å². The number of rotatable bonds is 5. The number of halogens is 2. The van der Waals surface area contributed by atoms with Gasteiger partial charge in [0, 0.05) is 31.3 Å². The van der Waals surface area contributed by atoms with E-state index in [4.69, 9.17) is 11.6 Å². The van der Waals surface area contributed by atoms with Gasteiger partial charge in [-0.25, -0.2) is 4.39 Å². The van der Waals surface area contributed by atoms with E-state index >= 15 is 0 Å². The molecular formula is C26H26ClFN4O3. The van der Waals surface area contributed by atoms with E-state index in [0.717, 1.165) is 11.6 Å². The topological polar surface area (TPSA) is 93.5 Å². The Labute approximate surface area is 208 Å². The molecule has 0 bridgehead atoms. The largest absolute Gasteiger partial charge is 0.330 e. The number of likely N-dealkylation sites (N-methyl/N-ethyl adjacent to an activating group) is 1. The van der Waals surface area contributed by atoms with Gasteiger partial charge in [0.1, 0.15) is 17.9 Å². The van der Waals surface area contributed by atoms with Crippen molar-refractivity contribution in [3.8, 4) is 6.07 Å². The number of benzene rings is 2. The molecule has 182 valence electrons. The minimum atomic E-state index is -1.01. The normalized spacial score (nSPS) is 21.6. The molecule has 0 aliphatic carbocycles. The number of nitrogens with one attached hydrogen (secondary N) is 1. The van der Waals surface area contributed by atoms with Crippen LogP contribution < -0.4 is 5.32 Å². The van der Waals surface area contributed by atoms with E-state index in [-0.39, 0.29) is 35.4 Å². The number of amides is 3. The third kappa shape index (κ3) is 4.25. The van der Waals surface area contributed by atoms with Crippen LogP contribution in [0.4, 0.5) is 10.1 Å². The average Bonchev–Trinajstić information content (AvgIpc) is 3.36. The first kappa shape index (κ1) is 24.7. The van der Waals surface area contributed by atoms with E-state index in [1.165, 1.54) is 29.0 Å². The van der Waals surface area contributed by atoms with Crippen LogP contribution in [0.5, 0.6) is 0 Å². The number of likely N-dealkylation sites (tertiary alicyclic amines) is 1. The Bertz CT molecular complexity index is 1240. The van der Waals surface area contributed by atoms with Gasteiger partial charge in [-0.15, -0.1) is 0 Å². The Morgan fingerprint density at radius 1 is 1.31 bits per heavy atom. The van der Waals surface area contributed by atoms with E-state index in [2.05, 4.69) is 11.4 Å². The summed E-state index contributed by atoms with van der Waals surface area (Å²) in [6.45, 7) is 3.91.